The number of benzene rings is 1. The van der Waals surface area contributed by atoms with Gasteiger partial charge < -0.3 is 13.9 Å². The molecule has 2 aromatic heterocycles. The zero-order valence-electron chi connectivity index (χ0n) is 13.5. The Kier molecular flexibility index (Phi) is 2.88. The van der Waals surface area contributed by atoms with Crippen molar-refractivity contribution < 1.29 is 4.74 Å². The molecule has 5 nitrogen and oxygen atoms in total. The first-order valence-corrected chi connectivity index (χ1v) is 7.87. The van der Waals surface area contributed by atoms with Gasteiger partial charge in [0.15, 0.2) is 5.75 Å². The smallest absolute Gasteiger partial charge is 0.251 e. The minimum atomic E-state index is -0.0381. The standard InChI is InChI=1S/C18H18N2O3/c1-4-19-14(21)7-10(2)12-9-13-11(3)8-15(22)20-5-6-23-18(16(12)19)17(13)20/h7-9H,4-6H2,1-3H3. The maximum atomic E-state index is 12.4. The third kappa shape index (κ3) is 1.79. The van der Waals surface area contributed by atoms with Gasteiger partial charge in [-0.25, -0.2) is 0 Å². The maximum Gasteiger partial charge on any atom is 0.251 e. The average Bonchev–Trinajstić information content (AvgIpc) is 2.52. The predicted octanol–water partition coefficient (Wildman–Crippen LogP) is 2.35. The van der Waals surface area contributed by atoms with Crippen LogP contribution in [0, 0.1) is 13.8 Å². The van der Waals surface area contributed by atoms with Crippen molar-refractivity contribution in [1.82, 2.24) is 9.13 Å². The molecule has 0 spiro atoms. The zero-order chi connectivity index (χ0) is 16.3. The van der Waals surface area contributed by atoms with Gasteiger partial charge in [-0.3, -0.25) is 9.59 Å². The molecule has 0 amide bonds. The number of rotatable bonds is 1. The summed E-state index contributed by atoms with van der Waals surface area (Å²) in [6.45, 7) is 7.37. The van der Waals surface area contributed by atoms with Crippen molar-refractivity contribution >= 4 is 21.8 Å². The maximum absolute atomic E-state index is 12.4. The third-order valence-electron chi connectivity index (χ3n) is 4.71. The first kappa shape index (κ1) is 14.1. The lowest BCUT2D eigenvalue weighted by atomic mass is 10.0. The van der Waals surface area contributed by atoms with Crippen LogP contribution in [0.2, 0.25) is 0 Å². The van der Waals surface area contributed by atoms with Gasteiger partial charge in [0.1, 0.15) is 6.61 Å². The molecule has 0 atom stereocenters. The van der Waals surface area contributed by atoms with Crippen LogP contribution in [-0.4, -0.2) is 15.7 Å². The highest BCUT2D eigenvalue weighted by Gasteiger charge is 2.22. The van der Waals surface area contributed by atoms with Gasteiger partial charge in [0.05, 0.1) is 17.6 Å². The van der Waals surface area contributed by atoms with E-state index in [1.165, 1.54) is 0 Å². The average molecular weight is 310 g/mol. The lowest BCUT2D eigenvalue weighted by Gasteiger charge is -2.24. The Hall–Kier alpha value is -2.56. The number of hydrogen-bond donors (Lipinski definition) is 0. The topological polar surface area (TPSA) is 53.2 Å². The van der Waals surface area contributed by atoms with Crippen molar-refractivity contribution in [3.05, 3.63) is 50.0 Å². The molecular formula is C18H18N2O3. The first-order chi connectivity index (χ1) is 11.0. The second-order valence-electron chi connectivity index (χ2n) is 6.07. The van der Waals surface area contributed by atoms with E-state index in [0.717, 1.165) is 32.9 Å². The van der Waals surface area contributed by atoms with E-state index in [0.29, 0.717) is 25.4 Å². The van der Waals surface area contributed by atoms with Crippen molar-refractivity contribution in [2.24, 2.45) is 0 Å². The van der Waals surface area contributed by atoms with E-state index in [1.54, 1.807) is 21.3 Å². The molecule has 3 heterocycles. The van der Waals surface area contributed by atoms with E-state index in [4.69, 9.17) is 4.74 Å². The van der Waals surface area contributed by atoms with Gasteiger partial charge in [-0.2, -0.15) is 0 Å². The van der Waals surface area contributed by atoms with Gasteiger partial charge in [0, 0.05) is 29.4 Å². The number of aryl methyl sites for hydroxylation is 3. The molecule has 0 aliphatic carbocycles. The van der Waals surface area contributed by atoms with Crippen LogP contribution in [0.1, 0.15) is 18.1 Å². The number of aromatic nitrogens is 2. The molecule has 0 saturated carbocycles. The highest BCUT2D eigenvalue weighted by molar-refractivity contribution is 6.04. The normalized spacial score (nSPS) is 13.5. The van der Waals surface area contributed by atoms with Crippen LogP contribution in [0.15, 0.2) is 27.8 Å². The molecule has 3 aromatic rings. The van der Waals surface area contributed by atoms with Crippen LogP contribution >= 0.6 is 0 Å². The molecule has 0 saturated heterocycles. The fraction of sp³-hybridized carbons (Fsp3) is 0.333. The third-order valence-corrected chi connectivity index (χ3v) is 4.71. The molecule has 1 aliphatic heterocycles. The minimum absolute atomic E-state index is 0.0167. The second kappa shape index (κ2) is 4.72. The number of fused-ring (bicyclic) bond motifs is 2. The highest BCUT2D eigenvalue weighted by Crippen LogP contribution is 2.37. The van der Waals surface area contributed by atoms with Crippen LogP contribution < -0.4 is 15.9 Å². The Morgan fingerprint density at radius 1 is 1.00 bits per heavy atom. The summed E-state index contributed by atoms with van der Waals surface area (Å²) in [6, 6.07) is 5.42. The summed E-state index contributed by atoms with van der Waals surface area (Å²) < 4.78 is 9.43. The summed E-state index contributed by atoms with van der Waals surface area (Å²) in [5.41, 5.74) is 3.41. The summed E-state index contributed by atoms with van der Waals surface area (Å²) in [4.78, 5) is 24.7. The molecule has 0 radical (unpaired) electrons. The minimum Gasteiger partial charge on any atom is -0.487 e. The SMILES string of the molecule is CCn1c(=O)cc(C)c2cc3c(C)cc(=O)n4c3c(c21)OCC4. The molecule has 1 aliphatic rings. The fourth-order valence-corrected chi connectivity index (χ4v) is 3.59. The number of pyridine rings is 2. The van der Waals surface area contributed by atoms with E-state index in [2.05, 4.69) is 6.07 Å². The van der Waals surface area contributed by atoms with Gasteiger partial charge in [0.2, 0.25) is 0 Å². The summed E-state index contributed by atoms with van der Waals surface area (Å²) in [5.74, 6) is 0.659. The lowest BCUT2D eigenvalue weighted by molar-refractivity contribution is 0.286. The predicted molar refractivity (Wildman–Crippen MR) is 90.6 cm³/mol. The van der Waals surface area contributed by atoms with Crippen LogP contribution in [0.5, 0.6) is 5.75 Å². The Bertz CT molecular complexity index is 1090. The number of nitrogens with zero attached hydrogens (tertiary/aromatic N) is 2. The highest BCUT2D eigenvalue weighted by atomic mass is 16.5. The quantitative estimate of drug-likeness (QED) is 0.648. The summed E-state index contributed by atoms with van der Waals surface area (Å²) in [7, 11) is 0. The van der Waals surface area contributed by atoms with Crippen molar-refractivity contribution in [1.29, 1.82) is 0 Å². The molecule has 118 valence electrons. The van der Waals surface area contributed by atoms with Crippen LogP contribution in [0.25, 0.3) is 21.8 Å². The van der Waals surface area contributed by atoms with Crippen LogP contribution in [-0.2, 0) is 13.1 Å². The summed E-state index contributed by atoms with van der Waals surface area (Å²) in [5, 5.41) is 2.01. The number of hydrogen-bond acceptors (Lipinski definition) is 3. The van der Waals surface area contributed by atoms with E-state index < -0.39 is 0 Å². The second-order valence-corrected chi connectivity index (χ2v) is 6.07. The number of ether oxygens (including phenoxy) is 1. The molecule has 1 aromatic carbocycles. The monoisotopic (exact) mass is 310 g/mol. The lowest BCUT2D eigenvalue weighted by Crippen LogP contribution is -2.28. The molecule has 23 heavy (non-hydrogen) atoms. The van der Waals surface area contributed by atoms with Gasteiger partial charge in [-0.05, 0) is 38.0 Å². The van der Waals surface area contributed by atoms with Gasteiger partial charge >= 0.3 is 0 Å². The van der Waals surface area contributed by atoms with Crippen molar-refractivity contribution in [3.8, 4) is 5.75 Å². The molecule has 0 fully saturated rings. The molecule has 0 bridgehead atoms. The zero-order valence-corrected chi connectivity index (χ0v) is 13.5. The van der Waals surface area contributed by atoms with Crippen LogP contribution in [0.3, 0.4) is 0 Å². The van der Waals surface area contributed by atoms with E-state index in [1.807, 2.05) is 20.8 Å². The van der Waals surface area contributed by atoms with E-state index in [9.17, 15) is 9.59 Å². The van der Waals surface area contributed by atoms with Crippen molar-refractivity contribution in [2.75, 3.05) is 6.61 Å². The van der Waals surface area contributed by atoms with E-state index in [-0.39, 0.29) is 11.1 Å². The molecule has 5 heteroatoms. The summed E-state index contributed by atoms with van der Waals surface area (Å²) >= 11 is 0. The Morgan fingerprint density at radius 3 is 2.35 bits per heavy atom. The summed E-state index contributed by atoms with van der Waals surface area (Å²) in [6.07, 6.45) is 0. The Labute approximate surface area is 132 Å². The Balaban J connectivity index is 2.39. The first-order valence-electron chi connectivity index (χ1n) is 7.87. The van der Waals surface area contributed by atoms with Gasteiger partial charge in [0.25, 0.3) is 11.1 Å². The molecule has 4 rings (SSSR count). The molecule has 0 unspecified atom stereocenters. The van der Waals surface area contributed by atoms with Gasteiger partial charge in [-0.1, -0.05) is 0 Å². The fourth-order valence-electron chi connectivity index (χ4n) is 3.59. The van der Waals surface area contributed by atoms with E-state index >= 15 is 0 Å². The van der Waals surface area contributed by atoms with Crippen LogP contribution in [0.4, 0.5) is 0 Å². The van der Waals surface area contributed by atoms with Gasteiger partial charge in [-0.15, -0.1) is 0 Å². The van der Waals surface area contributed by atoms with Crippen molar-refractivity contribution in [3.63, 3.8) is 0 Å². The Morgan fingerprint density at radius 2 is 1.65 bits per heavy atom. The van der Waals surface area contributed by atoms with Crippen molar-refractivity contribution in [2.45, 2.75) is 33.9 Å². The largest absolute Gasteiger partial charge is 0.487 e. The molecule has 0 N–H and O–H groups in total. The molecular weight excluding hydrogens is 292 g/mol.